The first-order valence-corrected chi connectivity index (χ1v) is 7.82. The Morgan fingerprint density at radius 2 is 2.05 bits per heavy atom. The van der Waals surface area contributed by atoms with Gasteiger partial charge in [0.2, 0.25) is 0 Å². The van der Waals surface area contributed by atoms with Crippen LogP contribution in [0.2, 0.25) is 0 Å². The minimum atomic E-state index is 0. The molecule has 1 aromatic carbocycles. The lowest BCUT2D eigenvalue weighted by molar-refractivity contribution is 0.0787. The van der Waals surface area contributed by atoms with Gasteiger partial charge >= 0.3 is 0 Å². The van der Waals surface area contributed by atoms with E-state index in [2.05, 4.69) is 13.8 Å². The molecule has 1 aromatic rings. The number of benzene rings is 1. The summed E-state index contributed by atoms with van der Waals surface area (Å²) in [5.41, 5.74) is 6.39. The van der Waals surface area contributed by atoms with E-state index in [1.54, 1.807) is 0 Å². The normalized spacial score (nSPS) is 17.5. The number of carbonyl (C=O) groups excluding carboxylic acids is 1. The molecular weight excluding hydrogens is 300 g/mol. The number of nitrogens with zero attached hydrogens (tertiary/aromatic N) is 1. The molecule has 2 rings (SSSR count). The van der Waals surface area contributed by atoms with E-state index >= 15 is 0 Å². The molecule has 22 heavy (non-hydrogen) atoms. The minimum Gasteiger partial charge on any atom is -0.494 e. The summed E-state index contributed by atoms with van der Waals surface area (Å²) in [6.07, 6.45) is 2.05. The molecule has 1 atom stereocenters. The topological polar surface area (TPSA) is 55.6 Å². The number of nitrogens with two attached hydrogens (primary N) is 1. The standard InChI is InChI=1S/C17H26N2O2.ClH/c1-13(2)8-10-21-16-5-3-15(4-6-16)17(20)19-9-7-14(11-18)12-19;/h3-6,13-14H,7-12,18H2,1-2H3;1H. The molecule has 1 saturated heterocycles. The molecule has 0 saturated carbocycles. The lowest BCUT2D eigenvalue weighted by atomic mass is 10.1. The monoisotopic (exact) mass is 326 g/mol. The first-order chi connectivity index (χ1) is 10.1. The fourth-order valence-electron chi connectivity index (χ4n) is 2.50. The zero-order valence-electron chi connectivity index (χ0n) is 13.5. The summed E-state index contributed by atoms with van der Waals surface area (Å²) in [6, 6.07) is 7.46. The van der Waals surface area contributed by atoms with Crippen molar-refractivity contribution < 1.29 is 9.53 Å². The third kappa shape index (κ3) is 5.18. The van der Waals surface area contributed by atoms with Crippen LogP contribution in [0.5, 0.6) is 5.75 Å². The summed E-state index contributed by atoms with van der Waals surface area (Å²) in [5.74, 6) is 2.01. The maximum atomic E-state index is 12.4. The highest BCUT2D eigenvalue weighted by Crippen LogP contribution is 2.19. The van der Waals surface area contributed by atoms with Gasteiger partial charge in [-0.1, -0.05) is 13.8 Å². The minimum absolute atomic E-state index is 0. The quantitative estimate of drug-likeness (QED) is 0.874. The van der Waals surface area contributed by atoms with Crippen LogP contribution in [-0.4, -0.2) is 37.0 Å². The van der Waals surface area contributed by atoms with E-state index in [1.165, 1.54) is 0 Å². The average Bonchev–Trinajstić information content (AvgIpc) is 2.96. The fraction of sp³-hybridized carbons (Fsp3) is 0.588. The Bertz CT molecular complexity index is 462. The van der Waals surface area contributed by atoms with Crippen molar-refractivity contribution in [1.82, 2.24) is 4.90 Å². The van der Waals surface area contributed by atoms with Gasteiger partial charge < -0.3 is 15.4 Å². The summed E-state index contributed by atoms with van der Waals surface area (Å²) < 4.78 is 5.67. The molecule has 0 aromatic heterocycles. The lowest BCUT2D eigenvalue weighted by Gasteiger charge is -2.16. The zero-order chi connectivity index (χ0) is 15.2. The van der Waals surface area contributed by atoms with E-state index in [9.17, 15) is 4.79 Å². The van der Waals surface area contributed by atoms with Crippen LogP contribution in [0.15, 0.2) is 24.3 Å². The molecule has 0 aliphatic carbocycles. The number of hydrogen-bond donors (Lipinski definition) is 1. The second-order valence-electron chi connectivity index (χ2n) is 6.20. The van der Waals surface area contributed by atoms with Gasteiger partial charge in [0.15, 0.2) is 0 Å². The average molecular weight is 327 g/mol. The van der Waals surface area contributed by atoms with Gasteiger partial charge in [-0.3, -0.25) is 4.79 Å². The van der Waals surface area contributed by atoms with E-state index in [0.29, 0.717) is 18.4 Å². The van der Waals surface area contributed by atoms with Crippen LogP contribution in [0, 0.1) is 11.8 Å². The molecule has 0 bridgehead atoms. The third-order valence-corrected chi connectivity index (χ3v) is 3.97. The molecule has 0 spiro atoms. The number of carbonyl (C=O) groups is 1. The van der Waals surface area contributed by atoms with Crippen LogP contribution in [0.1, 0.15) is 37.0 Å². The lowest BCUT2D eigenvalue weighted by Crippen LogP contribution is -2.29. The van der Waals surface area contributed by atoms with Crippen LogP contribution < -0.4 is 10.5 Å². The largest absolute Gasteiger partial charge is 0.494 e. The number of halogens is 1. The molecule has 1 unspecified atom stereocenters. The zero-order valence-corrected chi connectivity index (χ0v) is 14.3. The number of ether oxygens (including phenoxy) is 1. The van der Waals surface area contributed by atoms with Crippen LogP contribution in [0.4, 0.5) is 0 Å². The van der Waals surface area contributed by atoms with Crippen molar-refractivity contribution in [3.05, 3.63) is 29.8 Å². The van der Waals surface area contributed by atoms with Crippen molar-refractivity contribution in [2.75, 3.05) is 26.2 Å². The van der Waals surface area contributed by atoms with Gasteiger partial charge in [-0.05, 0) is 55.5 Å². The Morgan fingerprint density at radius 3 is 2.59 bits per heavy atom. The van der Waals surface area contributed by atoms with E-state index in [-0.39, 0.29) is 18.3 Å². The Labute approximate surface area is 139 Å². The van der Waals surface area contributed by atoms with E-state index in [1.807, 2.05) is 29.2 Å². The number of rotatable bonds is 6. The van der Waals surface area contributed by atoms with E-state index in [4.69, 9.17) is 10.5 Å². The Hall–Kier alpha value is -1.26. The van der Waals surface area contributed by atoms with Crippen molar-refractivity contribution in [3.63, 3.8) is 0 Å². The van der Waals surface area contributed by atoms with Crippen LogP contribution in [0.3, 0.4) is 0 Å². The molecule has 5 heteroatoms. The molecule has 4 nitrogen and oxygen atoms in total. The molecular formula is C17H27ClN2O2. The Morgan fingerprint density at radius 1 is 1.36 bits per heavy atom. The van der Waals surface area contributed by atoms with Gasteiger partial charge in [0.25, 0.3) is 5.91 Å². The van der Waals surface area contributed by atoms with Gasteiger partial charge in [-0.15, -0.1) is 12.4 Å². The van der Waals surface area contributed by atoms with Gasteiger partial charge in [-0.25, -0.2) is 0 Å². The van der Waals surface area contributed by atoms with Crippen LogP contribution >= 0.6 is 12.4 Å². The molecule has 2 N–H and O–H groups in total. The predicted molar refractivity (Wildman–Crippen MR) is 91.7 cm³/mol. The summed E-state index contributed by atoms with van der Waals surface area (Å²) in [6.45, 7) is 7.32. The van der Waals surface area contributed by atoms with Crippen molar-refractivity contribution >= 4 is 18.3 Å². The van der Waals surface area contributed by atoms with Gasteiger partial charge in [0.05, 0.1) is 6.61 Å². The number of hydrogen-bond acceptors (Lipinski definition) is 3. The maximum absolute atomic E-state index is 12.4. The first kappa shape index (κ1) is 18.8. The van der Waals surface area contributed by atoms with Crippen molar-refractivity contribution in [2.24, 2.45) is 17.6 Å². The summed E-state index contributed by atoms with van der Waals surface area (Å²) in [7, 11) is 0. The molecule has 1 fully saturated rings. The molecule has 1 aliphatic rings. The van der Waals surface area contributed by atoms with E-state index < -0.39 is 0 Å². The van der Waals surface area contributed by atoms with Crippen molar-refractivity contribution in [2.45, 2.75) is 26.7 Å². The SMILES string of the molecule is CC(C)CCOc1ccc(C(=O)N2CCC(CN)C2)cc1.Cl. The predicted octanol–water partition coefficient (Wildman–Crippen LogP) is 2.95. The maximum Gasteiger partial charge on any atom is 0.253 e. The third-order valence-electron chi connectivity index (χ3n) is 3.97. The molecule has 1 amide bonds. The smallest absolute Gasteiger partial charge is 0.253 e. The van der Waals surface area contributed by atoms with Gasteiger partial charge in [0.1, 0.15) is 5.75 Å². The molecule has 0 radical (unpaired) electrons. The summed E-state index contributed by atoms with van der Waals surface area (Å²) >= 11 is 0. The van der Waals surface area contributed by atoms with Gasteiger partial charge in [-0.2, -0.15) is 0 Å². The highest BCUT2D eigenvalue weighted by atomic mass is 35.5. The number of amides is 1. The fourth-order valence-corrected chi connectivity index (χ4v) is 2.50. The first-order valence-electron chi connectivity index (χ1n) is 7.82. The van der Waals surface area contributed by atoms with Crippen LogP contribution in [0.25, 0.3) is 0 Å². The second kappa shape index (κ2) is 9.01. The van der Waals surface area contributed by atoms with E-state index in [0.717, 1.165) is 43.9 Å². The Kier molecular flexibility index (Phi) is 7.69. The molecule has 124 valence electrons. The number of likely N-dealkylation sites (tertiary alicyclic amines) is 1. The second-order valence-corrected chi connectivity index (χ2v) is 6.20. The van der Waals surface area contributed by atoms with Crippen molar-refractivity contribution in [3.8, 4) is 5.75 Å². The highest BCUT2D eigenvalue weighted by Gasteiger charge is 2.25. The van der Waals surface area contributed by atoms with Crippen molar-refractivity contribution in [1.29, 1.82) is 0 Å². The summed E-state index contributed by atoms with van der Waals surface area (Å²) in [4.78, 5) is 14.3. The highest BCUT2D eigenvalue weighted by molar-refractivity contribution is 5.94. The van der Waals surface area contributed by atoms with Crippen LogP contribution in [-0.2, 0) is 0 Å². The molecule has 1 heterocycles. The molecule has 1 aliphatic heterocycles. The van der Waals surface area contributed by atoms with Gasteiger partial charge in [0, 0.05) is 18.7 Å². The summed E-state index contributed by atoms with van der Waals surface area (Å²) in [5, 5.41) is 0. The Balaban J connectivity index is 0.00000242.